The quantitative estimate of drug-likeness (QED) is 0.747. The lowest BCUT2D eigenvalue weighted by Crippen LogP contribution is -2.27. The molecule has 0 spiro atoms. The molecule has 2 aromatic carbocycles. The Kier molecular flexibility index (Phi) is 6.39. The third-order valence-corrected chi connectivity index (χ3v) is 5.03. The van der Waals surface area contributed by atoms with Crippen LogP contribution in [0.2, 0.25) is 10.0 Å². The molecule has 1 aliphatic carbocycles. The number of amides is 1. The zero-order valence-electron chi connectivity index (χ0n) is 13.0. The van der Waals surface area contributed by atoms with Gasteiger partial charge in [-0.15, -0.1) is 12.4 Å². The fourth-order valence-electron chi connectivity index (χ4n) is 2.78. The zero-order chi connectivity index (χ0) is 16.4. The van der Waals surface area contributed by atoms with Crippen molar-refractivity contribution in [2.24, 2.45) is 5.92 Å². The van der Waals surface area contributed by atoms with Crippen molar-refractivity contribution >= 4 is 47.2 Å². The average molecular weight is 386 g/mol. The van der Waals surface area contributed by atoms with Crippen LogP contribution in [0.1, 0.15) is 23.5 Å². The van der Waals surface area contributed by atoms with Crippen molar-refractivity contribution in [3.63, 3.8) is 0 Å². The number of carbonyl (C=O) groups excluding carboxylic acids is 1. The highest BCUT2D eigenvalue weighted by molar-refractivity contribution is 6.42. The maximum Gasteiger partial charge on any atom is 0.223 e. The molecule has 1 amide bonds. The van der Waals surface area contributed by atoms with Gasteiger partial charge >= 0.3 is 0 Å². The van der Waals surface area contributed by atoms with Crippen LogP contribution in [0, 0.1) is 5.92 Å². The van der Waals surface area contributed by atoms with Crippen molar-refractivity contribution in [2.45, 2.75) is 18.8 Å². The average Bonchev–Trinajstić information content (AvgIpc) is 3.32. The molecule has 2 unspecified atom stereocenters. The van der Waals surface area contributed by atoms with Crippen LogP contribution < -0.4 is 11.1 Å². The van der Waals surface area contributed by atoms with Gasteiger partial charge in [0, 0.05) is 18.2 Å². The minimum absolute atomic E-state index is 0. The molecule has 0 saturated heterocycles. The summed E-state index contributed by atoms with van der Waals surface area (Å²) in [6, 6.07) is 13.3. The zero-order valence-corrected chi connectivity index (χ0v) is 15.3. The predicted octanol–water partition coefficient (Wildman–Crippen LogP) is 4.46. The SMILES string of the molecule is Cl.Nc1ccc(CCNC(=O)C2CC2c2cccc(Cl)c2Cl)cc1. The molecule has 3 N–H and O–H groups in total. The second kappa shape index (κ2) is 8.11. The Labute approximate surface area is 157 Å². The molecular formula is C18H19Cl3N2O. The van der Waals surface area contributed by atoms with Crippen LogP contribution in [0.3, 0.4) is 0 Å². The molecule has 0 bridgehead atoms. The molecule has 3 nitrogen and oxygen atoms in total. The van der Waals surface area contributed by atoms with Gasteiger partial charge < -0.3 is 11.1 Å². The highest BCUT2D eigenvalue weighted by Gasteiger charge is 2.44. The number of nitrogens with two attached hydrogens (primary N) is 1. The van der Waals surface area contributed by atoms with Gasteiger partial charge in [-0.2, -0.15) is 0 Å². The summed E-state index contributed by atoms with van der Waals surface area (Å²) >= 11 is 12.3. The van der Waals surface area contributed by atoms with Crippen LogP contribution in [0.25, 0.3) is 0 Å². The Balaban J connectivity index is 0.00000208. The van der Waals surface area contributed by atoms with E-state index in [9.17, 15) is 4.79 Å². The summed E-state index contributed by atoms with van der Waals surface area (Å²) < 4.78 is 0. The first kappa shape index (κ1) is 18.9. The van der Waals surface area contributed by atoms with E-state index in [1.165, 1.54) is 0 Å². The van der Waals surface area contributed by atoms with E-state index >= 15 is 0 Å². The summed E-state index contributed by atoms with van der Waals surface area (Å²) in [5, 5.41) is 4.10. The number of carbonyl (C=O) groups is 1. The van der Waals surface area contributed by atoms with E-state index < -0.39 is 0 Å². The van der Waals surface area contributed by atoms with Crippen LogP contribution in [0.5, 0.6) is 0 Å². The minimum atomic E-state index is -0.00242. The lowest BCUT2D eigenvalue weighted by Gasteiger charge is -2.07. The maximum absolute atomic E-state index is 12.2. The molecule has 3 rings (SSSR count). The fraction of sp³-hybridized carbons (Fsp3) is 0.278. The van der Waals surface area contributed by atoms with Gasteiger partial charge in [-0.05, 0) is 48.1 Å². The van der Waals surface area contributed by atoms with E-state index in [0.29, 0.717) is 16.6 Å². The van der Waals surface area contributed by atoms with E-state index in [0.717, 1.165) is 29.7 Å². The number of nitrogen functional groups attached to an aromatic ring is 1. The van der Waals surface area contributed by atoms with Gasteiger partial charge in [0.25, 0.3) is 0 Å². The van der Waals surface area contributed by atoms with Crippen LogP contribution in [0.15, 0.2) is 42.5 Å². The van der Waals surface area contributed by atoms with Crippen molar-refractivity contribution in [1.29, 1.82) is 0 Å². The number of hydrogen-bond donors (Lipinski definition) is 2. The van der Waals surface area contributed by atoms with Crippen LogP contribution in [-0.4, -0.2) is 12.5 Å². The lowest BCUT2D eigenvalue weighted by atomic mass is 10.1. The van der Waals surface area contributed by atoms with Gasteiger partial charge in [0.05, 0.1) is 10.0 Å². The summed E-state index contributed by atoms with van der Waals surface area (Å²) in [4.78, 5) is 12.2. The summed E-state index contributed by atoms with van der Waals surface area (Å²) in [6.07, 6.45) is 1.62. The van der Waals surface area contributed by atoms with Gasteiger partial charge in [0.1, 0.15) is 0 Å². The first-order chi connectivity index (χ1) is 11.1. The van der Waals surface area contributed by atoms with E-state index in [2.05, 4.69) is 5.32 Å². The number of rotatable bonds is 5. The molecular weight excluding hydrogens is 367 g/mol. The summed E-state index contributed by atoms with van der Waals surface area (Å²) in [7, 11) is 0. The fourth-order valence-corrected chi connectivity index (χ4v) is 3.23. The Morgan fingerprint density at radius 1 is 1.17 bits per heavy atom. The van der Waals surface area contributed by atoms with Crippen molar-refractivity contribution in [3.8, 4) is 0 Å². The smallest absolute Gasteiger partial charge is 0.223 e. The number of nitrogens with one attached hydrogen (secondary N) is 1. The Hall–Kier alpha value is -1.42. The number of hydrogen-bond acceptors (Lipinski definition) is 2. The van der Waals surface area contributed by atoms with Crippen molar-refractivity contribution in [1.82, 2.24) is 5.32 Å². The van der Waals surface area contributed by atoms with E-state index in [1.54, 1.807) is 6.07 Å². The van der Waals surface area contributed by atoms with Crippen LogP contribution in [-0.2, 0) is 11.2 Å². The second-order valence-electron chi connectivity index (χ2n) is 5.87. The molecule has 1 aliphatic rings. The molecule has 0 aliphatic heterocycles. The maximum atomic E-state index is 12.2. The largest absolute Gasteiger partial charge is 0.399 e. The van der Waals surface area contributed by atoms with Crippen molar-refractivity contribution < 1.29 is 4.79 Å². The second-order valence-corrected chi connectivity index (χ2v) is 6.66. The molecule has 0 radical (unpaired) electrons. The Morgan fingerprint density at radius 2 is 1.88 bits per heavy atom. The summed E-state index contributed by atoms with van der Waals surface area (Å²) in [6.45, 7) is 0.620. The van der Waals surface area contributed by atoms with E-state index in [-0.39, 0.29) is 30.2 Å². The Morgan fingerprint density at radius 3 is 2.58 bits per heavy atom. The molecule has 1 fully saturated rings. The molecule has 2 atom stereocenters. The third-order valence-electron chi connectivity index (χ3n) is 4.20. The molecule has 6 heteroatoms. The van der Waals surface area contributed by atoms with E-state index in [1.807, 2.05) is 36.4 Å². The predicted molar refractivity (Wildman–Crippen MR) is 102 cm³/mol. The highest BCUT2D eigenvalue weighted by atomic mass is 35.5. The first-order valence-electron chi connectivity index (χ1n) is 7.62. The van der Waals surface area contributed by atoms with Gasteiger partial charge in [-0.25, -0.2) is 0 Å². The molecule has 0 aromatic heterocycles. The number of benzene rings is 2. The van der Waals surface area contributed by atoms with Gasteiger partial charge in [-0.3, -0.25) is 4.79 Å². The monoisotopic (exact) mass is 384 g/mol. The number of halogens is 3. The molecule has 24 heavy (non-hydrogen) atoms. The van der Waals surface area contributed by atoms with Crippen molar-refractivity contribution in [3.05, 3.63) is 63.6 Å². The van der Waals surface area contributed by atoms with Gasteiger partial charge in [-0.1, -0.05) is 47.5 Å². The molecule has 2 aromatic rings. The highest BCUT2D eigenvalue weighted by Crippen LogP contribution is 2.50. The Bertz CT molecular complexity index is 719. The topological polar surface area (TPSA) is 55.1 Å². The minimum Gasteiger partial charge on any atom is -0.399 e. The van der Waals surface area contributed by atoms with Gasteiger partial charge in [0.2, 0.25) is 5.91 Å². The number of anilines is 1. The standard InChI is InChI=1S/C18H18Cl2N2O.ClH/c19-16-3-1-2-13(17(16)20)14-10-15(14)18(23)22-9-8-11-4-6-12(21)7-5-11;/h1-7,14-15H,8-10,21H2,(H,22,23);1H. The molecule has 128 valence electrons. The van der Waals surface area contributed by atoms with Crippen LogP contribution in [0.4, 0.5) is 5.69 Å². The van der Waals surface area contributed by atoms with Crippen LogP contribution >= 0.6 is 35.6 Å². The normalized spacial score (nSPS) is 18.6. The van der Waals surface area contributed by atoms with E-state index in [4.69, 9.17) is 28.9 Å². The van der Waals surface area contributed by atoms with Gasteiger partial charge in [0.15, 0.2) is 0 Å². The molecule has 0 heterocycles. The molecule has 1 saturated carbocycles. The summed E-state index contributed by atoms with van der Waals surface area (Å²) in [5.74, 6) is 0.261. The third kappa shape index (κ3) is 4.35. The van der Waals surface area contributed by atoms with Crippen molar-refractivity contribution in [2.75, 3.05) is 12.3 Å². The lowest BCUT2D eigenvalue weighted by molar-refractivity contribution is -0.122. The summed E-state index contributed by atoms with van der Waals surface area (Å²) in [5.41, 5.74) is 8.53. The first-order valence-corrected chi connectivity index (χ1v) is 8.38.